The summed E-state index contributed by atoms with van der Waals surface area (Å²) in [6.07, 6.45) is 2.10. The van der Waals surface area contributed by atoms with Crippen molar-refractivity contribution in [3.63, 3.8) is 0 Å². The van der Waals surface area contributed by atoms with Gasteiger partial charge in [-0.05, 0) is 36.2 Å². The van der Waals surface area contributed by atoms with Gasteiger partial charge in [0.1, 0.15) is 11.2 Å². The molecular weight excluding hydrogens is 343 g/mol. The molecule has 0 N–H and O–H groups in total. The average molecular weight is 362 g/mol. The lowest BCUT2D eigenvalue weighted by molar-refractivity contribution is -0.128. The summed E-state index contributed by atoms with van der Waals surface area (Å²) in [5.41, 5.74) is 0.788. The molecule has 1 aromatic heterocycles. The molecule has 1 aliphatic rings. The molecule has 132 valence electrons. The highest BCUT2D eigenvalue weighted by atomic mass is 32.2. The maximum Gasteiger partial charge on any atom is 0.289 e. The predicted octanol–water partition coefficient (Wildman–Crippen LogP) is 3.16. The zero-order valence-corrected chi connectivity index (χ0v) is 14.7. The summed E-state index contributed by atoms with van der Waals surface area (Å²) in [6, 6.07) is 9.64. The number of carbonyl (C=O) groups excluding carboxylic acids is 2. The number of benzene rings is 1. The van der Waals surface area contributed by atoms with E-state index in [0.29, 0.717) is 31.0 Å². The van der Waals surface area contributed by atoms with Gasteiger partial charge in [0, 0.05) is 20.1 Å². The number of furan rings is 1. The normalized spacial score (nSPS) is 17.1. The van der Waals surface area contributed by atoms with Crippen molar-refractivity contribution in [3.05, 3.63) is 59.8 Å². The van der Waals surface area contributed by atoms with Gasteiger partial charge < -0.3 is 14.2 Å². The Morgan fingerprint density at radius 3 is 2.96 bits per heavy atom. The fourth-order valence-corrected chi connectivity index (χ4v) is 4.01. The van der Waals surface area contributed by atoms with Gasteiger partial charge in [0.2, 0.25) is 5.91 Å². The topological polar surface area (TPSA) is 53.8 Å². The van der Waals surface area contributed by atoms with E-state index in [9.17, 15) is 14.0 Å². The number of nitrogens with zero attached hydrogens (tertiary/aromatic N) is 2. The summed E-state index contributed by atoms with van der Waals surface area (Å²) in [4.78, 5) is 27.6. The van der Waals surface area contributed by atoms with Crippen LogP contribution >= 0.6 is 11.8 Å². The fraction of sp³-hybridized carbons (Fsp3) is 0.333. The molecule has 2 heterocycles. The summed E-state index contributed by atoms with van der Waals surface area (Å²) in [5, 5.41) is -0.172. The van der Waals surface area contributed by atoms with Gasteiger partial charge in [0.05, 0.1) is 12.0 Å². The van der Waals surface area contributed by atoms with Gasteiger partial charge in [0.15, 0.2) is 5.76 Å². The number of hydrogen-bond donors (Lipinski definition) is 0. The first kappa shape index (κ1) is 17.5. The number of thioether (sulfide) groups is 1. The molecule has 0 saturated carbocycles. The minimum atomic E-state index is -0.304. The Morgan fingerprint density at radius 2 is 2.24 bits per heavy atom. The molecule has 1 aliphatic heterocycles. The molecule has 1 fully saturated rings. The molecular formula is C18H19FN2O3S. The minimum Gasteiger partial charge on any atom is -0.459 e. The van der Waals surface area contributed by atoms with Gasteiger partial charge >= 0.3 is 0 Å². The van der Waals surface area contributed by atoms with Crippen LogP contribution in [0.15, 0.2) is 47.1 Å². The molecule has 1 unspecified atom stereocenters. The van der Waals surface area contributed by atoms with Gasteiger partial charge in [-0.25, -0.2) is 4.39 Å². The van der Waals surface area contributed by atoms with Crippen molar-refractivity contribution < 1.29 is 18.4 Å². The van der Waals surface area contributed by atoms with Crippen LogP contribution in [-0.4, -0.2) is 47.5 Å². The Morgan fingerprint density at radius 1 is 1.40 bits per heavy atom. The zero-order valence-electron chi connectivity index (χ0n) is 13.9. The van der Waals surface area contributed by atoms with E-state index in [0.717, 1.165) is 5.56 Å². The lowest BCUT2D eigenvalue weighted by Gasteiger charge is -2.25. The molecule has 2 aromatic rings. The maximum absolute atomic E-state index is 13.5. The van der Waals surface area contributed by atoms with E-state index in [1.165, 1.54) is 30.2 Å². The highest BCUT2D eigenvalue weighted by molar-refractivity contribution is 8.00. The van der Waals surface area contributed by atoms with Gasteiger partial charge in [-0.3, -0.25) is 9.59 Å². The molecule has 0 aliphatic carbocycles. The van der Waals surface area contributed by atoms with Gasteiger partial charge in [0.25, 0.3) is 5.91 Å². The predicted molar refractivity (Wildman–Crippen MR) is 93.6 cm³/mol. The average Bonchev–Trinajstić information content (AvgIpc) is 3.25. The number of carbonyl (C=O) groups is 2. The Hall–Kier alpha value is -2.28. The molecule has 2 amide bonds. The van der Waals surface area contributed by atoms with Gasteiger partial charge in [-0.2, -0.15) is 0 Å². The zero-order chi connectivity index (χ0) is 17.8. The third-order valence-electron chi connectivity index (χ3n) is 4.07. The molecule has 5 nitrogen and oxygen atoms in total. The van der Waals surface area contributed by atoms with Crippen molar-refractivity contribution >= 4 is 23.6 Å². The van der Waals surface area contributed by atoms with Crippen LogP contribution in [0.2, 0.25) is 0 Å². The lowest BCUT2D eigenvalue weighted by atomic mass is 10.2. The first-order chi connectivity index (χ1) is 12.1. The quantitative estimate of drug-likeness (QED) is 0.792. The number of amides is 2. The first-order valence-corrected chi connectivity index (χ1v) is 9.06. The van der Waals surface area contributed by atoms with Crippen LogP contribution in [0.3, 0.4) is 0 Å². The number of hydrogen-bond acceptors (Lipinski definition) is 4. The van der Waals surface area contributed by atoms with Gasteiger partial charge in [-0.1, -0.05) is 12.1 Å². The third kappa shape index (κ3) is 4.04. The molecule has 1 atom stereocenters. The van der Waals surface area contributed by atoms with E-state index in [1.54, 1.807) is 35.0 Å². The lowest BCUT2D eigenvalue weighted by Crippen LogP contribution is -2.33. The van der Waals surface area contributed by atoms with E-state index in [2.05, 4.69) is 0 Å². The van der Waals surface area contributed by atoms with Crippen LogP contribution in [0.4, 0.5) is 4.39 Å². The first-order valence-electron chi connectivity index (χ1n) is 8.02. The minimum absolute atomic E-state index is 0.0410. The summed E-state index contributed by atoms with van der Waals surface area (Å²) < 4.78 is 18.6. The SMILES string of the molecule is CN(CCCN1C(=O)CSC1c1cccc(F)c1)C(=O)c1ccco1. The Kier molecular flexibility index (Phi) is 5.43. The van der Waals surface area contributed by atoms with Crippen LogP contribution in [0.5, 0.6) is 0 Å². The Labute approximate surface area is 149 Å². The standard InChI is InChI=1S/C18H19FN2O3S/c1-20(17(23)15-7-3-10-24-15)8-4-9-21-16(22)12-25-18(21)13-5-2-6-14(19)11-13/h2-3,5-7,10-11,18H,4,8-9,12H2,1H3. The monoisotopic (exact) mass is 362 g/mol. The van der Waals surface area contributed by atoms with Crippen molar-refractivity contribution in [1.29, 1.82) is 0 Å². The Balaban J connectivity index is 1.57. The molecule has 1 aromatic carbocycles. The van der Waals surface area contributed by atoms with E-state index in [1.807, 2.05) is 6.07 Å². The van der Waals surface area contributed by atoms with Crippen LogP contribution in [0.1, 0.15) is 27.9 Å². The van der Waals surface area contributed by atoms with Crippen molar-refractivity contribution in [2.24, 2.45) is 0 Å². The Bertz CT molecular complexity index is 751. The molecule has 1 saturated heterocycles. The second-order valence-electron chi connectivity index (χ2n) is 5.86. The number of rotatable bonds is 6. The van der Waals surface area contributed by atoms with E-state index in [-0.39, 0.29) is 23.0 Å². The van der Waals surface area contributed by atoms with Crippen molar-refractivity contribution in [3.8, 4) is 0 Å². The molecule has 0 spiro atoms. The molecule has 0 radical (unpaired) electrons. The van der Waals surface area contributed by atoms with E-state index >= 15 is 0 Å². The molecule has 0 bridgehead atoms. The van der Waals surface area contributed by atoms with Crippen molar-refractivity contribution in [2.45, 2.75) is 11.8 Å². The second-order valence-corrected chi connectivity index (χ2v) is 6.93. The number of halogens is 1. The largest absolute Gasteiger partial charge is 0.459 e. The van der Waals surface area contributed by atoms with E-state index < -0.39 is 0 Å². The third-order valence-corrected chi connectivity index (χ3v) is 5.33. The highest BCUT2D eigenvalue weighted by Crippen LogP contribution is 2.38. The van der Waals surface area contributed by atoms with Gasteiger partial charge in [-0.15, -0.1) is 11.8 Å². The van der Waals surface area contributed by atoms with Crippen molar-refractivity contribution in [1.82, 2.24) is 9.80 Å². The van der Waals surface area contributed by atoms with Crippen LogP contribution in [-0.2, 0) is 4.79 Å². The highest BCUT2D eigenvalue weighted by Gasteiger charge is 2.32. The second kappa shape index (κ2) is 7.74. The fourth-order valence-electron chi connectivity index (χ4n) is 2.80. The van der Waals surface area contributed by atoms with E-state index in [4.69, 9.17) is 4.42 Å². The molecule has 25 heavy (non-hydrogen) atoms. The summed E-state index contributed by atoms with van der Waals surface area (Å²) >= 11 is 1.50. The molecule has 7 heteroatoms. The van der Waals surface area contributed by atoms with Crippen LogP contribution in [0, 0.1) is 5.82 Å². The smallest absolute Gasteiger partial charge is 0.289 e. The maximum atomic E-state index is 13.5. The molecule has 3 rings (SSSR count). The summed E-state index contributed by atoms with van der Waals surface area (Å²) in [5.74, 6) is 0.240. The van der Waals surface area contributed by atoms with Crippen LogP contribution in [0.25, 0.3) is 0 Å². The summed E-state index contributed by atoms with van der Waals surface area (Å²) in [7, 11) is 1.70. The van der Waals surface area contributed by atoms with Crippen LogP contribution < -0.4 is 0 Å². The summed E-state index contributed by atoms with van der Waals surface area (Å²) in [6.45, 7) is 1.02. The van der Waals surface area contributed by atoms with Crippen molar-refractivity contribution in [2.75, 3.05) is 25.9 Å².